The first-order chi connectivity index (χ1) is 14.7. The number of carbonyl (C=O) groups excluding carboxylic acids is 1. The molecule has 150 valence electrons. The van der Waals surface area contributed by atoms with Gasteiger partial charge in [0.1, 0.15) is 18.1 Å². The smallest absolute Gasteiger partial charge is 0.251 e. The van der Waals surface area contributed by atoms with E-state index in [2.05, 4.69) is 10.3 Å². The van der Waals surface area contributed by atoms with Crippen LogP contribution in [0.4, 0.5) is 0 Å². The number of carbonyl (C=O) groups is 1. The summed E-state index contributed by atoms with van der Waals surface area (Å²) in [6, 6.07) is 24.8. The number of ether oxygens (including phenoxy) is 2. The number of hydrogen-bond acceptors (Lipinski definition) is 4. The number of fused-ring (bicyclic) bond motifs is 1. The Morgan fingerprint density at radius 3 is 2.40 bits per heavy atom. The van der Waals surface area contributed by atoms with E-state index in [0.29, 0.717) is 18.7 Å². The Hall–Kier alpha value is -3.86. The topological polar surface area (TPSA) is 60.5 Å². The molecule has 0 bridgehead atoms. The molecule has 1 amide bonds. The van der Waals surface area contributed by atoms with Gasteiger partial charge in [-0.3, -0.25) is 9.78 Å². The molecule has 4 aromatic rings. The third-order valence-corrected chi connectivity index (χ3v) is 4.81. The second-order valence-corrected chi connectivity index (χ2v) is 6.87. The molecule has 0 spiro atoms. The molecule has 3 aromatic carbocycles. The quantitative estimate of drug-likeness (QED) is 0.488. The molecule has 5 nitrogen and oxygen atoms in total. The van der Waals surface area contributed by atoms with Crippen molar-refractivity contribution in [2.75, 3.05) is 7.11 Å². The maximum absolute atomic E-state index is 12.5. The molecular weight excluding hydrogens is 376 g/mol. The predicted molar refractivity (Wildman–Crippen MR) is 117 cm³/mol. The highest BCUT2D eigenvalue weighted by atomic mass is 16.5. The van der Waals surface area contributed by atoms with E-state index in [0.717, 1.165) is 33.5 Å². The van der Waals surface area contributed by atoms with Gasteiger partial charge in [-0.25, -0.2) is 0 Å². The zero-order valence-electron chi connectivity index (χ0n) is 16.7. The Balaban J connectivity index is 1.30. The molecule has 0 fully saturated rings. The zero-order chi connectivity index (χ0) is 20.8. The summed E-state index contributed by atoms with van der Waals surface area (Å²) in [5, 5.41) is 3.90. The number of amides is 1. The van der Waals surface area contributed by atoms with E-state index in [-0.39, 0.29) is 5.91 Å². The minimum absolute atomic E-state index is 0.111. The van der Waals surface area contributed by atoms with Gasteiger partial charge < -0.3 is 14.8 Å². The Kier molecular flexibility index (Phi) is 5.90. The van der Waals surface area contributed by atoms with Crippen molar-refractivity contribution in [3.05, 3.63) is 102 Å². The molecule has 1 N–H and O–H groups in total. The fourth-order valence-electron chi connectivity index (χ4n) is 3.09. The molecule has 0 atom stereocenters. The average molecular weight is 398 g/mol. The number of nitrogens with one attached hydrogen (secondary N) is 1. The third-order valence-electron chi connectivity index (χ3n) is 4.81. The Morgan fingerprint density at radius 2 is 1.63 bits per heavy atom. The molecule has 1 aromatic heterocycles. The second kappa shape index (κ2) is 9.09. The summed E-state index contributed by atoms with van der Waals surface area (Å²) in [7, 11) is 1.65. The third kappa shape index (κ3) is 4.75. The van der Waals surface area contributed by atoms with E-state index in [4.69, 9.17) is 9.47 Å². The van der Waals surface area contributed by atoms with Crippen LogP contribution in [0.2, 0.25) is 0 Å². The molecule has 4 rings (SSSR count). The fraction of sp³-hybridized carbons (Fsp3) is 0.120. The maximum Gasteiger partial charge on any atom is 0.251 e. The number of hydrogen-bond donors (Lipinski definition) is 1. The minimum atomic E-state index is -0.111. The first-order valence-corrected chi connectivity index (χ1v) is 9.69. The molecule has 0 aliphatic carbocycles. The summed E-state index contributed by atoms with van der Waals surface area (Å²) < 4.78 is 11.0. The number of nitrogens with zero attached hydrogens (tertiary/aromatic N) is 1. The largest absolute Gasteiger partial charge is 0.497 e. The van der Waals surface area contributed by atoms with E-state index < -0.39 is 0 Å². The number of benzene rings is 3. The van der Waals surface area contributed by atoms with Gasteiger partial charge in [-0.05, 0) is 59.7 Å². The van der Waals surface area contributed by atoms with Crippen molar-refractivity contribution in [3.63, 3.8) is 0 Å². The highest BCUT2D eigenvalue weighted by Gasteiger charge is 2.07. The van der Waals surface area contributed by atoms with Gasteiger partial charge in [0.05, 0.1) is 12.6 Å². The first kappa shape index (κ1) is 19.5. The Labute approximate surface area is 175 Å². The van der Waals surface area contributed by atoms with Crippen molar-refractivity contribution in [2.45, 2.75) is 13.2 Å². The van der Waals surface area contributed by atoms with Crippen LogP contribution in [0.15, 0.2) is 85.1 Å². The number of methoxy groups -OCH3 is 1. The molecule has 30 heavy (non-hydrogen) atoms. The lowest BCUT2D eigenvalue weighted by molar-refractivity contribution is 0.0951. The number of rotatable bonds is 7. The van der Waals surface area contributed by atoms with Crippen molar-refractivity contribution in [2.24, 2.45) is 0 Å². The zero-order valence-corrected chi connectivity index (χ0v) is 16.7. The standard InChI is InChI=1S/C25H22N2O3/c1-29-22-9-6-19(7-10-22)17-30-23-11-4-18(5-12-23)16-27-25(28)21-8-13-24-20(15-21)3-2-14-26-24/h2-15H,16-17H2,1H3,(H,27,28). The van der Waals surface area contributed by atoms with Gasteiger partial charge in [0.2, 0.25) is 0 Å². The van der Waals surface area contributed by atoms with Crippen LogP contribution in [0.25, 0.3) is 10.9 Å². The molecule has 5 heteroatoms. The molecule has 0 radical (unpaired) electrons. The normalized spacial score (nSPS) is 10.6. The van der Waals surface area contributed by atoms with Crippen molar-refractivity contribution >= 4 is 16.8 Å². The highest BCUT2D eigenvalue weighted by molar-refractivity contribution is 5.97. The van der Waals surface area contributed by atoms with Gasteiger partial charge in [-0.15, -0.1) is 0 Å². The lowest BCUT2D eigenvalue weighted by Gasteiger charge is -2.09. The monoisotopic (exact) mass is 398 g/mol. The average Bonchev–Trinajstić information content (AvgIpc) is 2.82. The van der Waals surface area contributed by atoms with Gasteiger partial charge in [0, 0.05) is 23.7 Å². The van der Waals surface area contributed by atoms with Gasteiger partial charge >= 0.3 is 0 Å². The van der Waals surface area contributed by atoms with Crippen molar-refractivity contribution < 1.29 is 14.3 Å². The molecule has 0 unspecified atom stereocenters. The number of aromatic nitrogens is 1. The molecular formula is C25H22N2O3. The summed E-state index contributed by atoms with van der Waals surface area (Å²) in [6.45, 7) is 0.930. The molecule has 0 aliphatic heterocycles. The van der Waals surface area contributed by atoms with Crippen LogP contribution in [-0.4, -0.2) is 18.0 Å². The fourth-order valence-corrected chi connectivity index (χ4v) is 3.09. The first-order valence-electron chi connectivity index (χ1n) is 9.69. The van der Waals surface area contributed by atoms with Crippen LogP contribution in [0.1, 0.15) is 21.5 Å². The van der Waals surface area contributed by atoms with E-state index in [1.807, 2.05) is 72.8 Å². The molecule has 0 aliphatic rings. The van der Waals surface area contributed by atoms with Gasteiger partial charge in [0.25, 0.3) is 5.91 Å². The van der Waals surface area contributed by atoms with E-state index >= 15 is 0 Å². The van der Waals surface area contributed by atoms with Crippen LogP contribution in [0.5, 0.6) is 11.5 Å². The lowest BCUT2D eigenvalue weighted by Crippen LogP contribution is -2.22. The van der Waals surface area contributed by atoms with E-state index in [1.165, 1.54) is 0 Å². The van der Waals surface area contributed by atoms with Crippen LogP contribution in [-0.2, 0) is 13.2 Å². The lowest BCUT2D eigenvalue weighted by atomic mass is 10.1. The van der Waals surface area contributed by atoms with Gasteiger partial charge in [0.15, 0.2) is 0 Å². The summed E-state index contributed by atoms with van der Waals surface area (Å²) in [6.07, 6.45) is 1.74. The summed E-state index contributed by atoms with van der Waals surface area (Å²) in [5.41, 5.74) is 3.56. The van der Waals surface area contributed by atoms with Crippen LogP contribution in [0, 0.1) is 0 Å². The highest BCUT2D eigenvalue weighted by Crippen LogP contribution is 2.17. The second-order valence-electron chi connectivity index (χ2n) is 6.87. The Bertz CT molecular complexity index is 1140. The SMILES string of the molecule is COc1ccc(COc2ccc(CNC(=O)c3ccc4ncccc4c3)cc2)cc1. The summed E-state index contributed by atoms with van der Waals surface area (Å²) >= 11 is 0. The Morgan fingerprint density at radius 1 is 0.900 bits per heavy atom. The van der Waals surface area contributed by atoms with Gasteiger partial charge in [-0.2, -0.15) is 0 Å². The molecule has 1 heterocycles. The van der Waals surface area contributed by atoms with E-state index in [1.54, 1.807) is 19.4 Å². The van der Waals surface area contributed by atoms with Crippen molar-refractivity contribution in [1.82, 2.24) is 10.3 Å². The maximum atomic E-state index is 12.5. The molecule has 0 saturated carbocycles. The van der Waals surface area contributed by atoms with Gasteiger partial charge in [-0.1, -0.05) is 30.3 Å². The van der Waals surface area contributed by atoms with Crippen LogP contribution < -0.4 is 14.8 Å². The van der Waals surface area contributed by atoms with Crippen molar-refractivity contribution in [3.8, 4) is 11.5 Å². The number of pyridine rings is 1. The van der Waals surface area contributed by atoms with Crippen LogP contribution >= 0.6 is 0 Å². The summed E-state index contributed by atoms with van der Waals surface area (Å²) in [5.74, 6) is 1.49. The van der Waals surface area contributed by atoms with Crippen LogP contribution in [0.3, 0.4) is 0 Å². The van der Waals surface area contributed by atoms with E-state index in [9.17, 15) is 4.79 Å². The van der Waals surface area contributed by atoms with Crippen molar-refractivity contribution in [1.29, 1.82) is 0 Å². The minimum Gasteiger partial charge on any atom is -0.497 e. The predicted octanol–water partition coefficient (Wildman–Crippen LogP) is 4.75. The summed E-state index contributed by atoms with van der Waals surface area (Å²) in [4.78, 5) is 16.7. The molecule has 0 saturated heterocycles.